The summed E-state index contributed by atoms with van der Waals surface area (Å²) in [7, 11) is 0. The number of nitrogens with zero attached hydrogens (tertiary/aromatic N) is 1. The Morgan fingerprint density at radius 2 is 1.82 bits per heavy atom. The molecule has 1 heterocycles. The third-order valence-electron chi connectivity index (χ3n) is 2.74. The molecule has 4 N–H and O–H groups in total. The van der Waals surface area contributed by atoms with Gasteiger partial charge >= 0.3 is 0 Å². The van der Waals surface area contributed by atoms with Gasteiger partial charge in [-0.1, -0.05) is 0 Å². The first-order valence-electron chi connectivity index (χ1n) is 5.00. The normalized spacial score (nSPS) is 15.9. The molecular formula is C11H11N3O3. The fourth-order valence-corrected chi connectivity index (χ4v) is 1.76. The molecule has 1 aliphatic heterocycles. The summed E-state index contributed by atoms with van der Waals surface area (Å²) in [5.74, 6) is -1.78. The van der Waals surface area contributed by atoms with E-state index < -0.39 is 23.8 Å². The Morgan fingerprint density at radius 1 is 1.24 bits per heavy atom. The molecular weight excluding hydrogens is 222 g/mol. The summed E-state index contributed by atoms with van der Waals surface area (Å²) in [5.41, 5.74) is 11.5. The predicted octanol–water partition coefficient (Wildman–Crippen LogP) is -0.261. The predicted molar refractivity (Wildman–Crippen MR) is 60.0 cm³/mol. The molecule has 17 heavy (non-hydrogen) atoms. The van der Waals surface area contributed by atoms with Crippen LogP contribution < -0.4 is 11.5 Å². The van der Waals surface area contributed by atoms with Gasteiger partial charge in [-0.05, 0) is 25.1 Å². The standard InChI is InChI=1S/C11H11N3O3/c1-5(9(13)15)14-10(16)7-3-2-6(12)4-8(7)11(14)17/h2-5H,12H2,1H3,(H2,13,15). The van der Waals surface area contributed by atoms with Crippen LogP contribution in [0.3, 0.4) is 0 Å². The topological polar surface area (TPSA) is 106 Å². The third-order valence-corrected chi connectivity index (χ3v) is 2.74. The minimum atomic E-state index is -0.969. The SMILES string of the molecule is CC(C(N)=O)N1C(=O)c2ccc(N)cc2C1=O. The Labute approximate surface area is 97.2 Å². The maximum absolute atomic E-state index is 11.9. The zero-order chi connectivity index (χ0) is 12.7. The van der Waals surface area contributed by atoms with Gasteiger partial charge in [0.05, 0.1) is 11.1 Å². The van der Waals surface area contributed by atoms with Gasteiger partial charge in [-0.25, -0.2) is 0 Å². The Balaban J connectivity index is 2.49. The molecule has 1 aliphatic rings. The summed E-state index contributed by atoms with van der Waals surface area (Å²) in [6.45, 7) is 1.41. The van der Waals surface area contributed by atoms with Crippen LogP contribution in [0.25, 0.3) is 0 Å². The van der Waals surface area contributed by atoms with E-state index in [-0.39, 0.29) is 11.1 Å². The summed E-state index contributed by atoms with van der Waals surface area (Å²) >= 11 is 0. The number of nitrogen functional groups attached to an aromatic ring is 1. The van der Waals surface area contributed by atoms with E-state index in [1.54, 1.807) is 0 Å². The Hall–Kier alpha value is -2.37. The molecule has 0 saturated carbocycles. The van der Waals surface area contributed by atoms with Crippen molar-refractivity contribution in [2.45, 2.75) is 13.0 Å². The number of primary amides is 1. The Kier molecular flexibility index (Phi) is 2.35. The molecule has 0 aliphatic carbocycles. The Bertz CT molecular complexity index is 539. The largest absolute Gasteiger partial charge is 0.399 e. The van der Waals surface area contributed by atoms with Crippen LogP contribution in [-0.2, 0) is 4.79 Å². The van der Waals surface area contributed by atoms with Crippen molar-refractivity contribution in [2.24, 2.45) is 5.73 Å². The summed E-state index contributed by atoms with van der Waals surface area (Å²) in [4.78, 5) is 35.8. The lowest BCUT2D eigenvalue weighted by molar-refractivity contribution is -0.121. The van der Waals surface area contributed by atoms with Crippen LogP contribution in [0.2, 0.25) is 0 Å². The van der Waals surface area contributed by atoms with E-state index in [0.717, 1.165) is 4.90 Å². The second kappa shape index (κ2) is 3.58. The molecule has 1 aromatic carbocycles. The highest BCUT2D eigenvalue weighted by Crippen LogP contribution is 2.26. The summed E-state index contributed by atoms with van der Waals surface area (Å²) < 4.78 is 0. The van der Waals surface area contributed by atoms with E-state index in [0.29, 0.717) is 5.69 Å². The Morgan fingerprint density at radius 3 is 2.41 bits per heavy atom. The van der Waals surface area contributed by atoms with Gasteiger partial charge in [-0.2, -0.15) is 0 Å². The number of hydrogen-bond acceptors (Lipinski definition) is 4. The van der Waals surface area contributed by atoms with Crippen LogP contribution in [0, 0.1) is 0 Å². The van der Waals surface area contributed by atoms with Crippen molar-refractivity contribution in [1.29, 1.82) is 0 Å². The molecule has 0 spiro atoms. The van der Waals surface area contributed by atoms with E-state index >= 15 is 0 Å². The summed E-state index contributed by atoms with van der Waals surface area (Å²) in [6, 6.07) is 3.45. The molecule has 0 radical (unpaired) electrons. The van der Waals surface area contributed by atoms with Crippen molar-refractivity contribution in [2.75, 3.05) is 5.73 Å². The zero-order valence-corrected chi connectivity index (χ0v) is 9.14. The lowest BCUT2D eigenvalue weighted by Gasteiger charge is -2.18. The fourth-order valence-electron chi connectivity index (χ4n) is 1.76. The van der Waals surface area contributed by atoms with Crippen molar-refractivity contribution in [3.05, 3.63) is 29.3 Å². The van der Waals surface area contributed by atoms with E-state index in [9.17, 15) is 14.4 Å². The van der Waals surface area contributed by atoms with Crippen molar-refractivity contribution >= 4 is 23.4 Å². The van der Waals surface area contributed by atoms with Gasteiger partial charge in [0.2, 0.25) is 5.91 Å². The van der Waals surface area contributed by atoms with Gasteiger partial charge in [0, 0.05) is 5.69 Å². The molecule has 1 atom stereocenters. The molecule has 0 fully saturated rings. The van der Waals surface area contributed by atoms with Gasteiger partial charge in [-0.15, -0.1) is 0 Å². The molecule has 1 aromatic rings. The van der Waals surface area contributed by atoms with Crippen molar-refractivity contribution in [3.63, 3.8) is 0 Å². The highest BCUT2D eigenvalue weighted by molar-refractivity contribution is 6.23. The van der Waals surface area contributed by atoms with Crippen LogP contribution in [0.4, 0.5) is 5.69 Å². The van der Waals surface area contributed by atoms with E-state index in [2.05, 4.69) is 0 Å². The highest BCUT2D eigenvalue weighted by Gasteiger charge is 2.40. The number of carbonyl (C=O) groups excluding carboxylic acids is 3. The summed E-state index contributed by atoms with van der Waals surface area (Å²) in [5, 5.41) is 0. The van der Waals surface area contributed by atoms with Gasteiger partial charge in [0.25, 0.3) is 11.8 Å². The average molecular weight is 233 g/mol. The smallest absolute Gasteiger partial charge is 0.262 e. The first-order valence-corrected chi connectivity index (χ1v) is 5.00. The maximum Gasteiger partial charge on any atom is 0.262 e. The van der Waals surface area contributed by atoms with Gasteiger partial charge in [0.15, 0.2) is 0 Å². The number of anilines is 1. The van der Waals surface area contributed by atoms with Gasteiger partial charge in [0.1, 0.15) is 6.04 Å². The quantitative estimate of drug-likeness (QED) is 0.542. The van der Waals surface area contributed by atoms with Gasteiger partial charge < -0.3 is 11.5 Å². The minimum Gasteiger partial charge on any atom is -0.399 e. The number of amides is 3. The first kappa shape index (κ1) is 11.1. The monoisotopic (exact) mass is 233 g/mol. The average Bonchev–Trinajstić information content (AvgIpc) is 2.50. The fraction of sp³-hybridized carbons (Fsp3) is 0.182. The molecule has 88 valence electrons. The molecule has 2 rings (SSSR count). The molecule has 0 bridgehead atoms. The van der Waals surface area contributed by atoms with E-state index in [1.165, 1.54) is 25.1 Å². The second-order valence-electron chi connectivity index (χ2n) is 3.86. The number of nitrogens with two attached hydrogens (primary N) is 2. The van der Waals surface area contributed by atoms with E-state index in [1.807, 2.05) is 0 Å². The molecule has 0 aromatic heterocycles. The van der Waals surface area contributed by atoms with Crippen LogP contribution in [0.5, 0.6) is 0 Å². The number of benzene rings is 1. The molecule has 6 nitrogen and oxygen atoms in total. The van der Waals surface area contributed by atoms with Crippen LogP contribution >= 0.6 is 0 Å². The number of imide groups is 1. The van der Waals surface area contributed by atoms with Crippen LogP contribution in [0.1, 0.15) is 27.6 Å². The van der Waals surface area contributed by atoms with Crippen molar-refractivity contribution in [1.82, 2.24) is 4.90 Å². The molecule has 1 unspecified atom stereocenters. The lowest BCUT2D eigenvalue weighted by atomic mass is 10.1. The van der Waals surface area contributed by atoms with E-state index in [4.69, 9.17) is 11.5 Å². The van der Waals surface area contributed by atoms with Gasteiger partial charge in [-0.3, -0.25) is 19.3 Å². The number of hydrogen-bond donors (Lipinski definition) is 2. The van der Waals surface area contributed by atoms with Crippen LogP contribution in [0.15, 0.2) is 18.2 Å². The second-order valence-corrected chi connectivity index (χ2v) is 3.86. The summed E-state index contributed by atoms with van der Waals surface area (Å²) in [6.07, 6.45) is 0. The number of rotatable bonds is 2. The first-order chi connectivity index (χ1) is 7.93. The number of fused-ring (bicyclic) bond motifs is 1. The molecule has 6 heteroatoms. The van der Waals surface area contributed by atoms with Crippen molar-refractivity contribution < 1.29 is 14.4 Å². The maximum atomic E-state index is 11.9. The van der Waals surface area contributed by atoms with Crippen LogP contribution in [-0.4, -0.2) is 28.7 Å². The minimum absolute atomic E-state index is 0.211. The highest BCUT2D eigenvalue weighted by atomic mass is 16.2. The van der Waals surface area contributed by atoms with Crippen molar-refractivity contribution in [3.8, 4) is 0 Å². The molecule has 3 amide bonds. The number of carbonyl (C=O) groups is 3. The lowest BCUT2D eigenvalue weighted by Crippen LogP contribution is -2.45. The third kappa shape index (κ3) is 1.54. The zero-order valence-electron chi connectivity index (χ0n) is 9.14. The molecule has 0 saturated heterocycles.